The summed E-state index contributed by atoms with van der Waals surface area (Å²) >= 11 is 0. The first-order chi connectivity index (χ1) is 11.7. The summed E-state index contributed by atoms with van der Waals surface area (Å²) in [6.07, 6.45) is 3.59. The van der Waals surface area contributed by atoms with Crippen LogP contribution in [0.5, 0.6) is 0 Å². The second-order valence-corrected chi connectivity index (χ2v) is 5.95. The number of carbonyl (C=O) groups is 2. The molecule has 1 unspecified atom stereocenters. The van der Waals surface area contributed by atoms with Crippen LogP contribution < -0.4 is 9.80 Å². The molecule has 0 N–H and O–H groups in total. The van der Waals surface area contributed by atoms with Crippen molar-refractivity contribution < 1.29 is 9.59 Å². The Kier molecular flexibility index (Phi) is 3.41. The lowest BCUT2D eigenvalue weighted by atomic mass is 10.1. The molecule has 2 aromatic rings. The molecule has 2 aliphatic rings. The van der Waals surface area contributed by atoms with Crippen molar-refractivity contribution in [3.05, 3.63) is 54.1 Å². The second kappa shape index (κ2) is 5.60. The lowest BCUT2D eigenvalue weighted by molar-refractivity contribution is -0.116. The minimum absolute atomic E-state index is 0.263. The van der Waals surface area contributed by atoms with Gasteiger partial charge in [-0.25, -0.2) is 9.69 Å². The number of anilines is 2. The molecular formula is C19H17N3O2. The lowest BCUT2D eigenvalue weighted by Crippen LogP contribution is -2.38. The number of amides is 3. The maximum atomic E-state index is 12.9. The van der Waals surface area contributed by atoms with E-state index in [0.29, 0.717) is 17.1 Å². The van der Waals surface area contributed by atoms with Crippen molar-refractivity contribution in [3.8, 4) is 0 Å². The first-order valence-corrected chi connectivity index (χ1v) is 8.10. The largest absolute Gasteiger partial charge is 0.337 e. The maximum Gasteiger partial charge on any atom is 0.337 e. The standard InChI is InChI=1S/C19H17N3O2/c1-2-5-13-8-10-14(11-9-13)21-18(23)17-12-20-15-6-3-4-7-16(15)22(17)19(21)24/h3-4,6-12,17H,2,5H2,1H3. The van der Waals surface area contributed by atoms with Gasteiger partial charge in [0.05, 0.1) is 17.1 Å². The van der Waals surface area contributed by atoms with Gasteiger partial charge in [0.2, 0.25) is 0 Å². The molecule has 2 aliphatic heterocycles. The van der Waals surface area contributed by atoms with E-state index in [1.165, 1.54) is 15.4 Å². The normalized spacial score (nSPS) is 18.8. The third-order valence-corrected chi connectivity index (χ3v) is 4.38. The Labute approximate surface area is 140 Å². The monoisotopic (exact) mass is 319 g/mol. The molecule has 0 saturated carbocycles. The zero-order valence-electron chi connectivity index (χ0n) is 13.3. The predicted molar refractivity (Wildman–Crippen MR) is 94.2 cm³/mol. The molecule has 2 heterocycles. The van der Waals surface area contributed by atoms with Crippen LogP contribution in [-0.4, -0.2) is 24.2 Å². The van der Waals surface area contributed by atoms with Crippen molar-refractivity contribution in [2.24, 2.45) is 4.99 Å². The van der Waals surface area contributed by atoms with Gasteiger partial charge < -0.3 is 0 Å². The van der Waals surface area contributed by atoms with Gasteiger partial charge in [0, 0.05) is 6.21 Å². The number of rotatable bonds is 3. The number of hydrogen-bond donors (Lipinski definition) is 0. The van der Waals surface area contributed by atoms with Crippen LogP contribution in [0, 0.1) is 0 Å². The molecule has 0 aliphatic carbocycles. The zero-order chi connectivity index (χ0) is 16.7. The van der Waals surface area contributed by atoms with E-state index in [1.807, 2.05) is 48.5 Å². The SMILES string of the molecule is CCCc1ccc(N2C(=O)C3C=Nc4ccccc4N3C2=O)cc1. The Morgan fingerprint density at radius 2 is 1.79 bits per heavy atom. The minimum Gasteiger partial charge on any atom is -0.274 e. The van der Waals surface area contributed by atoms with Crippen molar-refractivity contribution >= 4 is 35.2 Å². The highest BCUT2D eigenvalue weighted by molar-refractivity contribution is 6.34. The third kappa shape index (κ3) is 2.12. The number of urea groups is 1. The fraction of sp³-hybridized carbons (Fsp3) is 0.211. The van der Waals surface area contributed by atoms with Crippen LogP contribution in [0.1, 0.15) is 18.9 Å². The van der Waals surface area contributed by atoms with Gasteiger partial charge in [-0.3, -0.25) is 14.7 Å². The number of fused-ring (bicyclic) bond motifs is 3. The van der Waals surface area contributed by atoms with E-state index in [0.717, 1.165) is 12.8 Å². The maximum absolute atomic E-state index is 12.9. The Hall–Kier alpha value is -2.95. The molecule has 5 heteroatoms. The summed E-state index contributed by atoms with van der Waals surface area (Å²) in [5.41, 5.74) is 3.18. The van der Waals surface area contributed by atoms with Gasteiger partial charge in [-0.1, -0.05) is 37.6 Å². The van der Waals surface area contributed by atoms with Crippen molar-refractivity contribution in [1.82, 2.24) is 0 Å². The van der Waals surface area contributed by atoms with Crippen molar-refractivity contribution in [2.75, 3.05) is 9.80 Å². The van der Waals surface area contributed by atoms with Gasteiger partial charge in [0.15, 0.2) is 6.04 Å². The van der Waals surface area contributed by atoms with Crippen LogP contribution in [0.15, 0.2) is 53.5 Å². The molecule has 120 valence electrons. The highest BCUT2D eigenvalue weighted by atomic mass is 16.2. The summed E-state index contributed by atoms with van der Waals surface area (Å²) in [5.74, 6) is -0.263. The van der Waals surface area contributed by atoms with E-state index in [1.54, 1.807) is 6.21 Å². The van der Waals surface area contributed by atoms with E-state index in [4.69, 9.17) is 0 Å². The first-order valence-electron chi connectivity index (χ1n) is 8.10. The fourth-order valence-electron chi connectivity index (χ4n) is 3.21. The number of para-hydroxylation sites is 2. The van der Waals surface area contributed by atoms with E-state index in [2.05, 4.69) is 11.9 Å². The number of aliphatic imine (C=N–C) groups is 1. The van der Waals surface area contributed by atoms with Crippen molar-refractivity contribution in [3.63, 3.8) is 0 Å². The summed E-state index contributed by atoms with van der Waals surface area (Å²) in [4.78, 5) is 32.7. The van der Waals surface area contributed by atoms with E-state index < -0.39 is 6.04 Å². The number of nitrogens with zero attached hydrogens (tertiary/aromatic N) is 3. The van der Waals surface area contributed by atoms with Gasteiger partial charge in [0.1, 0.15) is 0 Å². The van der Waals surface area contributed by atoms with Crippen LogP contribution in [-0.2, 0) is 11.2 Å². The molecule has 1 atom stereocenters. The number of aryl methyl sites for hydroxylation is 1. The molecule has 2 aromatic carbocycles. The molecule has 1 saturated heterocycles. The quantitative estimate of drug-likeness (QED) is 0.810. The molecule has 4 rings (SSSR count). The molecule has 0 spiro atoms. The van der Waals surface area contributed by atoms with Gasteiger partial charge in [-0.05, 0) is 36.2 Å². The van der Waals surface area contributed by atoms with Gasteiger partial charge in [0.25, 0.3) is 5.91 Å². The fourth-order valence-corrected chi connectivity index (χ4v) is 3.21. The lowest BCUT2D eigenvalue weighted by Gasteiger charge is -2.24. The molecule has 0 aromatic heterocycles. The average Bonchev–Trinajstić information content (AvgIpc) is 2.87. The minimum atomic E-state index is -0.664. The number of carbonyl (C=O) groups excluding carboxylic acids is 2. The summed E-state index contributed by atoms with van der Waals surface area (Å²) in [5, 5.41) is 0. The Balaban J connectivity index is 1.71. The molecule has 1 fully saturated rings. The predicted octanol–water partition coefficient (Wildman–Crippen LogP) is 3.70. The van der Waals surface area contributed by atoms with E-state index in [9.17, 15) is 9.59 Å². The molecule has 5 nitrogen and oxygen atoms in total. The van der Waals surface area contributed by atoms with Crippen molar-refractivity contribution in [1.29, 1.82) is 0 Å². The summed E-state index contributed by atoms with van der Waals surface area (Å²) in [6.45, 7) is 2.12. The summed E-state index contributed by atoms with van der Waals surface area (Å²) < 4.78 is 0. The smallest absolute Gasteiger partial charge is 0.274 e. The first kappa shape index (κ1) is 14.6. The van der Waals surface area contributed by atoms with Crippen LogP contribution in [0.25, 0.3) is 0 Å². The molecule has 24 heavy (non-hydrogen) atoms. The molecule has 0 bridgehead atoms. The number of benzene rings is 2. The van der Waals surface area contributed by atoms with E-state index in [-0.39, 0.29) is 11.9 Å². The number of imide groups is 1. The zero-order valence-corrected chi connectivity index (χ0v) is 13.3. The highest BCUT2D eigenvalue weighted by Gasteiger charge is 2.47. The highest BCUT2D eigenvalue weighted by Crippen LogP contribution is 2.38. The Morgan fingerprint density at radius 1 is 1.04 bits per heavy atom. The van der Waals surface area contributed by atoms with Crippen LogP contribution in [0.4, 0.5) is 21.9 Å². The van der Waals surface area contributed by atoms with Crippen molar-refractivity contribution in [2.45, 2.75) is 25.8 Å². The molecule has 0 radical (unpaired) electrons. The second-order valence-electron chi connectivity index (χ2n) is 5.95. The molecular weight excluding hydrogens is 302 g/mol. The Morgan fingerprint density at radius 3 is 2.54 bits per heavy atom. The van der Waals surface area contributed by atoms with Crippen LogP contribution >= 0.6 is 0 Å². The topological polar surface area (TPSA) is 53.0 Å². The van der Waals surface area contributed by atoms with Gasteiger partial charge >= 0.3 is 6.03 Å². The Bertz CT molecular complexity index is 842. The van der Waals surface area contributed by atoms with Gasteiger partial charge in [-0.2, -0.15) is 0 Å². The third-order valence-electron chi connectivity index (χ3n) is 4.38. The average molecular weight is 319 g/mol. The summed E-state index contributed by atoms with van der Waals surface area (Å²) in [6, 6.07) is 14.0. The molecule has 3 amide bonds. The summed E-state index contributed by atoms with van der Waals surface area (Å²) in [7, 11) is 0. The van der Waals surface area contributed by atoms with E-state index >= 15 is 0 Å². The number of hydrogen-bond acceptors (Lipinski definition) is 3. The van der Waals surface area contributed by atoms with Crippen LogP contribution in [0.2, 0.25) is 0 Å². The van der Waals surface area contributed by atoms with Crippen LogP contribution in [0.3, 0.4) is 0 Å². The van der Waals surface area contributed by atoms with Gasteiger partial charge in [-0.15, -0.1) is 0 Å².